The van der Waals surface area contributed by atoms with Gasteiger partial charge in [0.1, 0.15) is 4.90 Å². The quantitative estimate of drug-likeness (QED) is 0.858. The van der Waals surface area contributed by atoms with Crippen molar-refractivity contribution >= 4 is 10.0 Å². The minimum absolute atomic E-state index is 0.107. The summed E-state index contributed by atoms with van der Waals surface area (Å²) in [5.41, 5.74) is 5.91. The van der Waals surface area contributed by atoms with Gasteiger partial charge in [-0.25, -0.2) is 8.42 Å². The monoisotopic (exact) mass is 272 g/mol. The molecule has 2 heterocycles. The van der Waals surface area contributed by atoms with Gasteiger partial charge in [-0.05, 0) is 19.8 Å². The molecule has 102 valence electrons. The number of aromatic nitrogens is 2. The van der Waals surface area contributed by atoms with Gasteiger partial charge in [0.05, 0.1) is 6.20 Å². The predicted molar refractivity (Wildman–Crippen MR) is 68.4 cm³/mol. The van der Waals surface area contributed by atoms with Crippen molar-refractivity contribution in [2.75, 3.05) is 6.54 Å². The second kappa shape index (κ2) is 4.99. The molecule has 0 amide bonds. The van der Waals surface area contributed by atoms with E-state index in [4.69, 9.17) is 5.73 Å². The van der Waals surface area contributed by atoms with Gasteiger partial charge in [-0.2, -0.15) is 9.40 Å². The number of nitrogens with zero attached hydrogens (tertiary/aromatic N) is 3. The molecule has 1 aliphatic heterocycles. The van der Waals surface area contributed by atoms with Gasteiger partial charge in [0, 0.05) is 31.9 Å². The minimum Gasteiger partial charge on any atom is -0.326 e. The molecule has 0 bridgehead atoms. The number of nitrogens with two attached hydrogens (primary N) is 1. The van der Waals surface area contributed by atoms with Gasteiger partial charge in [-0.3, -0.25) is 4.68 Å². The lowest BCUT2D eigenvalue weighted by Crippen LogP contribution is -2.51. The maximum Gasteiger partial charge on any atom is 0.246 e. The Labute approximate surface area is 108 Å². The summed E-state index contributed by atoms with van der Waals surface area (Å²) >= 11 is 0. The van der Waals surface area contributed by atoms with Gasteiger partial charge in [0.25, 0.3) is 0 Å². The average molecular weight is 272 g/mol. The summed E-state index contributed by atoms with van der Waals surface area (Å²) in [7, 11) is -1.76. The Morgan fingerprint density at radius 1 is 1.50 bits per heavy atom. The summed E-state index contributed by atoms with van der Waals surface area (Å²) in [6, 6.07) is -0.263. The summed E-state index contributed by atoms with van der Waals surface area (Å²) in [6.45, 7) is 2.41. The molecule has 2 atom stereocenters. The van der Waals surface area contributed by atoms with Crippen molar-refractivity contribution in [3.8, 4) is 0 Å². The van der Waals surface area contributed by atoms with Gasteiger partial charge >= 0.3 is 0 Å². The number of rotatable bonds is 3. The molecule has 0 aromatic carbocycles. The smallest absolute Gasteiger partial charge is 0.246 e. The molecule has 6 nitrogen and oxygen atoms in total. The molecule has 2 rings (SSSR count). The van der Waals surface area contributed by atoms with E-state index in [1.54, 1.807) is 7.05 Å². The summed E-state index contributed by atoms with van der Waals surface area (Å²) in [4.78, 5) is 0.248. The highest BCUT2D eigenvalue weighted by Gasteiger charge is 2.35. The fraction of sp³-hybridized carbons (Fsp3) is 0.727. The Bertz CT molecular complexity index is 509. The van der Waals surface area contributed by atoms with Gasteiger partial charge in [-0.15, -0.1) is 0 Å². The molecule has 0 spiro atoms. The summed E-state index contributed by atoms with van der Waals surface area (Å²) in [5.74, 6) is 0. The van der Waals surface area contributed by atoms with E-state index < -0.39 is 10.0 Å². The van der Waals surface area contributed by atoms with Crippen LogP contribution in [0.3, 0.4) is 0 Å². The van der Waals surface area contributed by atoms with E-state index in [0.29, 0.717) is 6.54 Å². The molecular weight excluding hydrogens is 252 g/mol. The fourth-order valence-corrected chi connectivity index (χ4v) is 4.18. The van der Waals surface area contributed by atoms with Crippen LogP contribution >= 0.6 is 0 Å². The second-order valence-electron chi connectivity index (χ2n) is 4.89. The molecule has 0 radical (unpaired) electrons. The van der Waals surface area contributed by atoms with Crippen molar-refractivity contribution in [3.05, 3.63) is 12.4 Å². The third kappa shape index (κ3) is 2.43. The molecule has 1 aromatic heterocycles. The van der Waals surface area contributed by atoms with Gasteiger partial charge in [0.2, 0.25) is 10.0 Å². The van der Waals surface area contributed by atoms with Crippen LogP contribution in [0.2, 0.25) is 0 Å². The number of piperidine rings is 1. The Morgan fingerprint density at radius 2 is 2.22 bits per heavy atom. The van der Waals surface area contributed by atoms with Crippen molar-refractivity contribution in [2.45, 2.75) is 43.2 Å². The van der Waals surface area contributed by atoms with Crippen LogP contribution in [-0.4, -0.2) is 41.1 Å². The normalized spacial score (nSPS) is 24.1. The zero-order valence-corrected chi connectivity index (χ0v) is 11.6. The number of sulfonamides is 1. The summed E-state index contributed by atoms with van der Waals surface area (Å²) < 4.78 is 28.1. The number of aryl methyl sites for hydroxylation is 1. The van der Waals surface area contributed by atoms with E-state index in [0.717, 1.165) is 19.3 Å². The maximum atomic E-state index is 12.5. The predicted octanol–water partition coefficient (Wildman–Crippen LogP) is 0.311. The van der Waals surface area contributed by atoms with Crippen LogP contribution in [0.4, 0.5) is 0 Å². The summed E-state index contributed by atoms with van der Waals surface area (Å²) in [6.07, 6.45) is 5.68. The molecule has 0 aliphatic carbocycles. The Morgan fingerprint density at radius 3 is 2.78 bits per heavy atom. The molecule has 1 saturated heterocycles. The molecule has 2 N–H and O–H groups in total. The van der Waals surface area contributed by atoms with Crippen LogP contribution in [0, 0.1) is 0 Å². The first-order chi connectivity index (χ1) is 8.43. The maximum absolute atomic E-state index is 12.5. The van der Waals surface area contributed by atoms with Crippen LogP contribution in [0.15, 0.2) is 17.3 Å². The highest BCUT2D eigenvalue weighted by Crippen LogP contribution is 2.26. The van der Waals surface area contributed by atoms with E-state index in [1.165, 1.54) is 21.4 Å². The first-order valence-corrected chi connectivity index (χ1v) is 7.63. The van der Waals surface area contributed by atoms with E-state index in [1.807, 2.05) is 6.92 Å². The van der Waals surface area contributed by atoms with Gasteiger partial charge < -0.3 is 5.73 Å². The Hall–Kier alpha value is -0.920. The second-order valence-corrected chi connectivity index (χ2v) is 6.78. The number of hydrogen-bond donors (Lipinski definition) is 1. The van der Waals surface area contributed by atoms with Crippen molar-refractivity contribution < 1.29 is 8.42 Å². The first kappa shape index (κ1) is 13.5. The third-order valence-corrected chi connectivity index (χ3v) is 5.27. The molecule has 0 saturated carbocycles. The zero-order chi connectivity index (χ0) is 13.3. The fourth-order valence-electron chi connectivity index (χ4n) is 2.42. The minimum atomic E-state index is -3.47. The molecule has 7 heteroatoms. The van der Waals surface area contributed by atoms with Gasteiger partial charge in [-0.1, -0.05) is 6.42 Å². The van der Waals surface area contributed by atoms with Crippen molar-refractivity contribution in [1.29, 1.82) is 0 Å². The molecule has 0 unspecified atom stereocenters. The molecule has 1 aliphatic rings. The van der Waals surface area contributed by atoms with E-state index in [9.17, 15) is 8.42 Å². The highest BCUT2D eigenvalue weighted by atomic mass is 32.2. The molecule has 1 aromatic rings. The summed E-state index contributed by atoms with van der Waals surface area (Å²) in [5, 5.41) is 3.93. The topological polar surface area (TPSA) is 81.2 Å². The van der Waals surface area contributed by atoms with Crippen LogP contribution in [-0.2, 0) is 17.1 Å². The van der Waals surface area contributed by atoms with Crippen LogP contribution in [0.25, 0.3) is 0 Å². The lowest BCUT2D eigenvalue weighted by molar-refractivity contribution is 0.227. The molecule has 1 fully saturated rings. The van der Waals surface area contributed by atoms with Gasteiger partial charge in [0.15, 0.2) is 0 Å². The van der Waals surface area contributed by atoms with E-state index >= 15 is 0 Å². The number of hydrogen-bond acceptors (Lipinski definition) is 4. The lowest BCUT2D eigenvalue weighted by Gasteiger charge is -2.36. The van der Waals surface area contributed by atoms with Crippen LogP contribution < -0.4 is 5.73 Å². The van der Waals surface area contributed by atoms with Crippen molar-refractivity contribution in [1.82, 2.24) is 14.1 Å². The highest BCUT2D eigenvalue weighted by molar-refractivity contribution is 7.89. The standard InChI is InChI=1S/C11H20N4O2S/c1-9(12)11-5-3-4-6-15(11)18(16,17)10-7-13-14(2)8-10/h7-9,11H,3-6,12H2,1-2H3/t9-,11+/m0/s1. The van der Waals surface area contributed by atoms with Crippen molar-refractivity contribution in [2.24, 2.45) is 12.8 Å². The lowest BCUT2D eigenvalue weighted by atomic mass is 10.00. The molecule has 18 heavy (non-hydrogen) atoms. The van der Waals surface area contributed by atoms with E-state index in [-0.39, 0.29) is 17.0 Å². The van der Waals surface area contributed by atoms with Crippen molar-refractivity contribution in [3.63, 3.8) is 0 Å². The largest absolute Gasteiger partial charge is 0.326 e. The Balaban J connectivity index is 2.33. The molecular formula is C11H20N4O2S. The van der Waals surface area contributed by atoms with E-state index in [2.05, 4.69) is 5.10 Å². The van der Waals surface area contributed by atoms with Crippen LogP contribution in [0.5, 0.6) is 0 Å². The third-order valence-electron chi connectivity index (χ3n) is 3.39. The van der Waals surface area contributed by atoms with Crippen LogP contribution in [0.1, 0.15) is 26.2 Å². The Kier molecular flexibility index (Phi) is 3.74. The first-order valence-electron chi connectivity index (χ1n) is 6.19. The zero-order valence-electron chi connectivity index (χ0n) is 10.8. The SMILES string of the molecule is C[C@H](N)[C@H]1CCCCN1S(=O)(=O)c1cnn(C)c1. The average Bonchev–Trinajstić information content (AvgIpc) is 2.76.